The monoisotopic (exact) mass is 156 g/mol. The Hall–Kier alpha value is -0.340. The van der Waals surface area contributed by atoms with Crippen LogP contribution in [0.1, 0.15) is 13.8 Å². The van der Waals surface area contributed by atoms with Crippen molar-refractivity contribution in [3.63, 3.8) is 0 Å². The maximum absolute atomic E-state index is 5.40. The zero-order valence-corrected chi connectivity index (χ0v) is 7.41. The molecule has 0 aliphatic carbocycles. The molecular weight excluding hydrogens is 140 g/mol. The van der Waals surface area contributed by atoms with Gasteiger partial charge >= 0.3 is 0 Å². The molecule has 1 aliphatic rings. The summed E-state index contributed by atoms with van der Waals surface area (Å²) in [5.74, 6) is 0.528. The first-order chi connectivity index (χ1) is 5.29. The summed E-state index contributed by atoms with van der Waals surface area (Å²) in [6, 6.07) is 0. The van der Waals surface area contributed by atoms with Crippen molar-refractivity contribution in [1.29, 1.82) is 0 Å². The molecule has 64 valence electrons. The van der Waals surface area contributed by atoms with E-state index in [1.165, 1.54) is 0 Å². The normalized spacial score (nSPS) is 32.6. The van der Waals surface area contributed by atoms with Crippen LogP contribution in [0, 0.1) is 5.92 Å². The molecule has 0 bridgehead atoms. The van der Waals surface area contributed by atoms with Crippen LogP contribution in [0.15, 0.2) is 12.2 Å². The smallest absolute Gasteiger partial charge is 0.108 e. The van der Waals surface area contributed by atoms with Crippen LogP contribution in [0.4, 0.5) is 0 Å². The molecule has 0 aromatic heterocycles. The second kappa shape index (κ2) is 3.88. The van der Waals surface area contributed by atoms with Crippen LogP contribution in [0.5, 0.6) is 0 Å². The molecule has 0 aromatic carbocycles. The lowest BCUT2D eigenvalue weighted by atomic mass is 10.1. The van der Waals surface area contributed by atoms with Crippen molar-refractivity contribution in [2.45, 2.75) is 26.1 Å². The van der Waals surface area contributed by atoms with Gasteiger partial charge in [0.25, 0.3) is 0 Å². The highest BCUT2D eigenvalue weighted by Gasteiger charge is 2.41. The van der Waals surface area contributed by atoms with Crippen LogP contribution in [-0.2, 0) is 9.47 Å². The predicted molar refractivity (Wildman–Crippen MR) is 44.5 cm³/mol. The van der Waals surface area contributed by atoms with E-state index in [1.54, 1.807) is 7.11 Å². The molecule has 1 rings (SSSR count). The molecule has 0 amide bonds. The zero-order chi connectivity index (χ0) is 8.27. The lowest BCUT2D eigenvalue weighted by Crippen LogP contribution is -2.07. The van der Waals surface area contributed by atoms with Crippen LogP contribution in [0.2, 0.25) is 0 Å². The summed E-state index contributed by atoms with van der Waals surface area (Å²) < 4.78 is 10.4. The number of allylic oxidation sites excluding steroid dienone is 1. The van der Waals surface area contributed by atoms with Gasteiger partial charge in [0.15, 0.2) is 0 Å². The average Bonchev–Trinajstić information content (AvgIpc) is 2.69. The van der Waals surface area contributed by atoms with Gasteiger partial charge in [0, 0.05) is 13.0 Å². The van der Waals surface area contributed by atoms with E-state index >= 15 is 0 Å². The molecule has 1 aliphatic heterocycles. The number of rotatable bonds is 4. The largest absolute Gasteiger partial charge is 0.382 e. The maximum atomic E-state index is 5.40. The second-order valence-electron chi connectivity index (χ2n) is 2.98. The third-order valence-electron chi connectivity index (χ3n) is 1.97. The fourth-order valence-electron chi connectivity index (χ4n) is 1.33. The van der Waals surface area contributed by atoms with Gasteiger partial charge in [-0.15, -0.1) is 0 Å². The highest BCUT2D eigenvalue weighted by atomic mass is 16.6. The molecule has 2 heteroatoms. The first kappa shape index (κ1) is 8.75. The van der Waals surface area contributed by atoms with Gasteiger partial charge in [0.1, 0.15) is 6.10 Å². The van der Waals surface area contributed by atoms with E-state index in [-0.39, 0.29) is 0 Å². The first-order valence-electron chi connectivity index (χ1n) is 4.06. The summed E-state index contributed by atoms with van der Waals surface area (Å²) in [7, 11) is 1.71. The molecule has 0 saturated carbocycles. The zero-order valence-electron chi connectivity index (χ0n) is 7.41. The number of hydrogen-bond donors (Lipinski definition) is 0. The summed E-state index contributed by atoms with van der Waals surface area (Å²) in [5.41, 5.74) is 0. The van der Waals surface area contributed by atoms with Gasteiger partial charge in [-0.3, -0.25) is 0 Å². The molecule has 1 fully saturated rings. The predicted octanol–water partition coefficient (Wildman–Crippen LogP) is 1.61. The van der Waals surface area contributed by atoms with Crippen molar-refractivity contribution in [3.8, 4) is 0 Å². The van der Waals surface area contributed by atoms with Gasteiger partial charge in [-0.05, 0) is 6.92 Å². The third-order valence-corrected chi connectivity index (χ3v) is 1.97. The maximum Gasteiger partial charge on any atom is 0.108 e. The van der Waals surface area contributed by atoms with E-state index in [4.69, 9.17) is 9.47 Å². The minimum Gasteiger partial charge on any atom is -0.382 e. The van der Waals surface area contributed by atoms with Gasteiger partial charge in [-0.2, -0.15) is 0 Å². The van der Waals surface area contributed by atoms with Crippen LogP contribution in [0.25, 0.3) is 0 Å². The fourth-order valence-corrected chi connectivity index (χ4v) is 1.33. The standard InChI is InChI=1S/C9H16O2/c1-4-5-7(2)9-8(11-9)6-10-3/h4-5,7-9H,6H2,1-3H3. The molecule has 1 saturated heterocycles. The molecule has 3 unspecified atom stereocenters. The average molecular weight is 156 g/mol. The summed E-state index contributed by atoms with van der Waals surface area (Å²) in [6.07, 6.45) is 4.97. The van der Waals surface area contributed by atoms with Crippen molar-refractivity contribution >= 4 is 0 Å². The van der Waals surface area contributed by atoms with E-state index < -0.39 is 0 Å². The highest BCUT2D eigenvalue weighted by molar-refractivity contribution is 4.97. The number of ether oxygens (including phenoxy) is 2. The van der Waals surface area contributed by atoms with Gasteiger partial charge < -0.3 is 9.47 Å². The molecule has 1 heterocycles. The van der Waals surface area contributed by atoms with Crippen LogP contribution >= 0.6 is 0 Å². The van der Waals surface area contributed by atoms with Crippen LogP contribution in [-0.4, -0.2) is 25.9 Å². The lowest BCUT2D eigenvalue weighted by molar-refractivity contribution is 0.171. The Bertz CT molecular complexity index is 142. The Morgan fingerprint density at radius 3 is 2.91 bits per heavy atom. The topological polar surface area (TPSA) is 21.8 Å². The lowest BCUT2D eigenvalue weighted by Gasteiger charge is -1.98. The Labute approximate surface area is 68.2 Å². The third kappa shape index (κ3) is 2.31. The summed E-state index contributed by atoms with van der Waals surface area (Å²) >= 11 is 0. The fraction of sp³-hybridized carbons (Fsp3) is 0.778. The Morgan fingerprint density at radius 2 is 2.36 bits per heavy atom. The van der Waals surface area contributed by atoms with E-state index in [1.807, 2.05) is 6.92 Å². The van der Waals surface area contributed by atoms with Gasteiger partial charge in [-0.25, -0.2) is 0 Å². The summed E-state index contributed by atoms with van der Waals surface area (Å²) in [5, 5.41) is 0. The summed E-state index contributed by atoms with van der Waals surface area (Å²) in [6.45, 7) is 4.93. The first-order valence-corrected chi connectivity index (χ1v) is 4.06. The van der Waals surface area contributed by atoms with Crippen molar-refractivity contribution < 1.29 is 9.47 Å². The SMILES string of the molecule is CC=CC(C)C1OC1COC. The van der Waals surface area contributed by atoms with Crippen molar-refractivity contribution in [1.82, 2.24) is 0 Å². The molecule has 11 heavy (non-hydrogen) atoms. The van der Waals surface area contributed by atoms with Crippen molar-refractivity contribution in [2.24, 2.45) is 5.92 Å². The molecule has 0 N–H and O–H groups in total. The molecule has 3 atom stereocenters. The van der Waals surface area contributed by atoms with Gasteiger partial charge in [0.2, 0.25) is 0 Å². The Kier molecular flexibility index (Phi) is 3.09. The van der Waals surface area contributed by atoms with Crippen LogP contribution in [0.3, 0.4) is 0 Å². The highest BCUT2D eigenvalue weighted by Crippen LogP contribution is 2.30. The van der Waals surface area contributed by atoms with E-state index in [0.29, 0.717) is 18.1 Å². The number of methoxy groups -OCH3 is 1. The van der Waals surface area contributed by atoms with Crippen LogP contribution < -0.4 is 0 Å². The minimum absolute atomic E-state index is 0.339. The number of epoxide rings is 1. The quantitative estimate of drug-likeness (QED) is 0.455. The number of hydrogen-bond acceptors (Lipinski definition) is 2. The van der Waals surface area contributed by atoms with Crippen molar-refractivity contribution in [3.05, 3.63) is 12.2 Å². The van der Waals surface area contributed by atoms with E-state index in [0.717, 1.165) is 6.61 Å². The van der Waals surface area contributed by atoms with Gasteiger partial charge in [-0.1, -0.05) is 19.1 Å². The van der Waals surface area contributed by atoms with E-state index in [2.05, 4.69) is 19.1 Å². The molecule has 2 nitrogen and oxygen atoms in total. The van der Waals surface area contributed by atoms with Crippen molar-refractivity contribution in [2.75, 3.05) is 13.7 Å². The molecule has 0 aromatic rings. The molecule has 0 spiro atoms. The van der Waals surface area contributed by atoms with E-state index in [9.17, 15) is 0 Å². The Morgan fingerprint density at radius 1 is 1.64 bits per heavy atom. The minimum atomic E-state index is 0.339. The summed E-state index contributed by atoms with van der Waals surface area (Å²) in [4.78, 5) is 0. The Balaban J connectivity index is 2.20. The molecular formula is C9H16O2. The van der Waals surface area contributed by atoms with Gasteiger partial charge in [0.05, 0.1) is 12.7 Å². The molecule has 0 radical (unpaired) electrons. The second-order valence-corrected chi connectivity index (χ2v) is 2.98.